The van der Waals surface area contributed by atoms with Crippen LogP contribution < -0.4 is 0 Å². The summed E-state index contributed by atoms with van der Waals surface area (Å²) in [7, 11) is 0. The Balaban J connectivity index is 2.17. The molecular formula is C12H23N. The molecule has 13 heavy (non-hydrogen) atoms. The fraction of sp³-hybridized carbons (Fsp3) is 1.00. The molecule has 3 fully saturated rings. The second-order valence-electron chi connectivity index (χ2n) is 5.57. The minimum atomic E-state index is 0.589. The van der Waals surface area contributed by atoms with Crippen LogP contribution in [0.4, 0.5) is 0 Å². The van der Waals surface area contributed by atoms with E-state index in [1.54, 1.807) is 0 Å². The van der Waals surface area contributed by atoms with Crippen LogP contribution in [0.3, 0.4) is 0 Å². The van der Waals surface area contributed by atoms with Gasteiger partial charge in [-0.15, -0.1) is 0 Å². The zero-order valence-corrected chi connectivity index (χ0v) is 9.51. The fourth-order valence-corrected chi connectivity index (χ4v) is 3.62. The summed E-state index contributed by atoms with van der Waals surface area (Å²) in [6.07, 6.45) is 2.88. The Morgan fingerprint density at radius 2 is 2.08 bits per heavy atom. The Bertz CT molecular complexity index is 197. The third-order valence-corrected chi connectivity index (χ3v) is 4.70. The van der Waals surface area contributed by atoms with Crippen LogP contribution in [0.2, 0.25) is 0 Å². The summed E-state index contributed by atoms with van der Waals surface area (Å²) in [6.45, 7) is 12.3. The van der Waals surface area contributed by atoms with Crippen LogP contribution in [0.5, 0.6) is 0 Å². The van der Waals surface area contributed by atoms with Crippen LogP contribution in [-0.2, 0) is 0 Å². The molecule has 2 heterocycles. The second kappa shape index (κ2) is 2.98. The van der Waals surface area contributed by atoms with E-state index >= 15 is 0 Å². The lowest BCUT2D eigenvalue weighted by Crippen LogP contribution is -2.57. The zero-order valence-electron chi connectivity index (χ0n) is 9.51. The van der Waals surface area contributed by atoms with Crippen molar-refractivity contribution in [2.45, 2.75) is 46.6 Å². The minimum Gasteiger partial charge on any atom is -0.300 e. The Labute approximate surface area is 82.5 Å². The van der Waals surface area contributed by atoms with Crippen molar-refractivity contribution in [1.29, 1.82) is 0 Å². The average molecular weight is 181 g/mol. The Kier molecular flexibility index (Phi) is 2.18. The number of hydrogen-bond acceptors (Lipinski definition) is 1. The van der Waals surface area contributed by atoms with Gasteiger partial charge in [0.05, 0.1) is 0 Å². The summed E-state index contributed by atoms with van der Waals surface area (Å²) >= 11 is 0. The van der Waals surface area contributed by atoms with E-state index in [2.05, 4.69) is 32.6 Å². The average Bonchev–Trinajstić information content (AvgIpc) is 2.30. The van der Waals surface area contributed by atoms with Gasteiger partial charge in [-0.1, -0.05) is 27.7 Å². The molecule has 3 aliphatic rings. The van der Waals surface area contributed by atoms with E-state index in [1.807, 2.05) is 0 Å². The standard InChI is InChI=1S/C12H23N/c1-5-13-7-6-9(2)10-8-11(13)12(10,3)4/h9-11H,5-8H2,1-4H3. The maximum atomic E-state index is 2.69. The molecule has 1 heteroatoms. The van der Waals surface area contributed by atoms with Gasteiger partial charge in [-0.05, 0) is 43.2 Å². The molecule has 0 N–H and O–H groups in total. The van der Waals surface area contributed by atoms with E-state index in [4.69, 9.17) is 0 Å². The summed E-state index contributed by atoms with van der Waals surface area (Å²) in [4.78, 5) is 2.69. The van der Waals surface area contributed by atoms with Gasteiger partial charge in [0, 0.05) is 6.04 Å². The molecule has 0 aromatic heterocycles. The summed E-state index contributed by atoms with van der Waals surface area (Å²) in [5.41, 5.74) is 0.589. The molecule has 1 aliphatic carbocycles. The Morgan fingerprint density at radius 3 is 2.62 bits per heavy atom. The van der Waals surface area contributed by atoms with Crippen molar-refractivity contribution in [3.63, 3.8) is 0 Å². The molecule has 3 unspecified atom stereocenters. The normalized spacial score (nSPS) is 43.8. The molecule has 0 radical (unpaired) electrons. The number of rotatable bonds is 1. The summed E-state index contributed by atoms with van der Waals surface area (Å²) in [5, 5.41) is 0. The monoisotopic (exact) mass is 181 g/mol. The fourth-order valence-electron chi connectivity index (χ4n) is 3.62. The van der Waals surface area contributed by atoms with Gasteiger partial charge in [-0.3, -0.25) is 0 Å². The largest absolute Gasteiger partial charge is 0.300 e. The lowest BCUT2D eigenvalue weighted by molar-refractivity contribution is -0.0564. The highest BCUT2D eigenvalue weighted by Gasteiger charge is 2.53. The molecule has 2 bridgehead atoms. The topological polar surface area (TPSA) is 3.24 Å². The lowest BCUT2D eigenvalue weighted by Gasteiger charge is -2.56. The molecular weight excluding hydrogens is 158 g/mol. The summed E-state index contributed by atoms with van der Waals surface area (Å²) < 4.78 is 0. The number of nitrogens with zero attached hydrogens (tertiary/aromatic N) is 1. The van der Waals surface area contributed by atoms with Crippen LogP contribution in [0.25, 0.3) is 0 Å². The van der Waals surface area contributed by atoms with Crippen LogP contribution >= 0.6 is 0 Å². The number of fused-ring (bicyclic) bond motifs is 3. The molecule has 0 amide bonds. The highest BCUT2D eigenvalue weighted by molar-refractivity contribution is 5.05. The second-order valence-corrected chi connectivity index (χ2v) is 5.57. The SMILES string of the molecule is CCN1CCC(C)C2CC1C2(C)C. The van der Waals surface area contributed by atoms with E-state index in [1.165, 1.54) is 25.9 Å². The van der Waals surface area contributed by atoms with Crippen LogP contribution in [0.1, 0.15) is 40.5 Å². The van der Waals surface area contributed by atoms with Crippen LogP contribution in [0.15, 0.2) is 0 Å². The molecule has 3 rings (SSSR count). The van der Waals surface area contributed by atoms with Gasteiger partial charge in [0.2, 0.25) is 0 Å². The minimum absolute atomic E-state index is 0.589. The highest BCUT2D eigenvalue weighted by atomic mass is 15.2. The van der Waals surface area contributed by atoms with Crippen LogP contribution in [-0.4, -0.2) is 24.0 Å². The van der Waals surface area contributed by atoms with Crippen molar-refractivity contribution in [1.82, 2.24) is 4.90 Å². The first-order chi connectivity index (χ1) is 6.07. The molecule has 0 aromatic carbocycles. The first-order valence-electron chi connectivity index (χ1n) is 5.81. The van der Waals surface area contributed by atoms with Gasteiger partial charge in [-0.25, -0.2) is 0 Å². The first kappa shape index (κ1) is 9.51. The van der Waals surface area contributed by atoms with Crippen molar-refractivity contribution in [3.8, 4) is 0 Å². The third kappa shape index (κ3) is 1.24. The van der Waals surface area contributed by atoms with Gasteiger partial charge in [0.15, 0.2) is 0 Å². The van der Waals surface area contributed by atoms with E-state index in [0.29, 0.717) is 5.41 Å². The Hall–Kier alpha value is -0.0400. The Morgan fingerprint density at radius 1 is 1.38 bits per heavy atom. The van der Waals surface area contributed by atoms with Crippen molar-refractivity contribution in [3.05, 3.63) is 0 Å². The summed E-state index contributed by atoms with van der Waals surface area (Å²) in [5.74, 6) is 1.94. The molecule has 2 saturated heterocycles. The molecule has 2 aliphatic heterocycles. The highest BCUT2D eigenvalue weighted by Crippen LogP contribution is 2.54. The third-order valence-electron chi connectivity index (χ3n) is 4.70. The molecule has 0 aromatic rings. The van der Waals surface area contributed by atoms with E-state index in [-0.39, 0.29) is 0 Å². The van der Waals surface area contributed by atoms with E-state index in [9.17, 15) is 0 Å². The maximum absolute atomic E-state index is 2.69. The van der Waals surface area contributed by atoms with Gasteiger partial charge < -0.3 is 4.90 Å². The van der Waals surface area contributed by atoms with E-state index in [0.717, 1.165) is 17.9 Å². The molecule has 1 saturated carbocycles. The van der Waals surface area contributed by atoms with Gasteiger partial charge in [0.1, 0.15) is 0 Å². The smallest absolute Gasteiger partial charge is 0.0152 e. The van der Waals surface area contributed by atoms with Gasteiger partial charge in [0.25, 0.3) is 0 Å². The molecule has 0 spiro atoms. The predicted molar refractivity (Wildman–Crippen MR) is 56.7 cm³/mol. The first-order valence-corrected chi connectivity index (χ1v) is 5.81. The van der Waals surface area contributed by atoms with Crippen molar-refractivity contribution in [2.24, 2.45) is 17.3 Å². The van der Waals surface area contributed by atoms with Gasteiger partial charge in [-0.2, -0.15) is 0 Å². The number of hydrogen-bond donors (Lipinski definition) is 0. The molecule has 76 valence electrons. The van der Waals surface area contributed by atoms with Crippen molar-refractivity contribution in [2.75, 3.05) is 13.1 Å². The van der Waals surface area contributed by atoms with Gasteiger partial charge >= 0.3 is 0 Å². The van der Waals surface area contributed by atoms with Crippen molar-refractivity contribution >= 4 is 0 Å². The van der Waals surface area contributed by atoms with Crippen LogP contribution in [0, 0.1) is 17.3 Å². The predicted octanol–water partition coefficient (Wildman–Crippen LogP) is 2.76. The quantitative estimate of drug-likeness (QED) is 0.601. The molecule has 3 atom stereocenters. The molecule has 1 nitrogen and oxygen atoms in total. The lowest BCUT2D eigenvalue weighted by atomic mass is 9.55. The summed E-state index contributed by atoms with van der Waals surface area (Å²) in [6, 6.07) is 0.882. The van der Waals surface area contributed by atoms with Crippen molar-refractivity contribution < 1.29 is 0 Å². The van der Waals surface area contributed by atoms with E-state index < -0.39 is 0 Å². The zero-order chi connectivity index (χ0) is 9.64. The maximum Gasteiger partial charge on any atom is 0.0152 e.